The Morgan fingerprint density at radius 3 is 3.00 bits per heavy atom. The molecule has 88 valence electrons. The van der Waals surface area contributed by atoms with Crippen LogP contribution in [0, 0.1) is 0 Å². The van der Waals surface area contributed by atoms with E-state index in [4.69, 9.17) is 11.6 Å². The molecule has 0 saturated carbocycles. The van der Waals surface area contributed by atoms with E-state index in [1.165, 1.54) is 17.4 Å². The number of carbonyl (C=O) groups excluding carboxylic acids is 1. The molecule has 2 N–H and O–H groups in total. The molecule has 1 amide bonds. The Bertz CT molecular complexity index is 516. The molecule has 0 unspecified atom stereocenters. The zero-order valence-corrected chi connectivity index (χ0v) is 10.5. The Balaban J connectivity index is 1.83. The minimum Gasteiger partial charge on any atom is -0.367 e. The molecule has 17 heavy (non-hydrogen) atoms. The molecule has 0 radical (unpaired) electrons. The van der Waals surface area contributed by atoms with Crippen LogP contribution in [0.2, 0.25) is 4.34 Å². The highest BCUT2D eigenvalue weighted by molar-refractivity contribution is 7.17. The molecule has 0 aliphatic rings. The van der Waals surface area contributed by atoms with Crippen LogP contribution >= 0.6 is 22.9 Å². The first-order valence-corrected chi connectivity index (χ1v) is 6.26. The third-order valence-electron chi connectivity index (χ3n) is 2.12. The molecule has 3 nitrogen and oxygen atoms in total. The van der Waals surface area contributed by atoms with E-state index < -0.39 is 0 Å². The minimum absolute atomic E-state index is 0.115. The summed E-state index contributed by atoms with van der Waals surface area (Å²) in [5, 5.41) is 2.79. The van der Waals surface area contributed by atoms with Crippen LogP contribution in [0.3, 0.4) is 0 Å². The van der Waals surface area contributed by atoms with Crippen molar-refractivity contribution in [3.8, 4) is 0 Å². The average molecular weight is 267 g/mol. The van der Waals surface area contributed by atoms with E-state index in [0.717, 1.165) is 14.8 Å². The number of thiophene rings is 1. The first-order chi connectivity index (χ1) is 8.24. The number of halogens is 1. The van der Waals surface area contributed by atoms with Crippen LogP contribution in [0.1, 0.15) is 10.4 Å². The monoisotopic (exact) mass is 266 g/mol. The third kappa shape index (κ3) is 3.76. The van der Waals surface area contributed by atoms with Gasteiger partial charge in [-0.25, -0.2) is 0 Å². The topological polar surface area (TPSA) is 44.9 Å². The summed E-state index contributed by atoms with van der Waals surface area (Å²) >= 11 is 7.22. The predicted molar refractivity (Wildman–Crippen MR) is 71.0 cm³/mol. The molecule has 0 atom stereocenters. The van der Waals surface area contributed by atoms with Crippen molar-refractivity contribution in [2.75, 3.05) is 0 Å². The van der Waals surface area contributed by atoms with Gasteiger partial charge in [-0.3, -0.25) is 4.79 Å². The molecule has 0 aliphatic carbocycles. The second-order valence-electron chi connectivity index (χ2n) is 3.41. The molecule has 5 heteroatoms. The third-order valence-corrected chi connectivity index (χ3v) is 3.32. The quantitative estimate of drug-likeness (QED) is 0.821. The molecular formula is C12H11ClN2OS. The van der Waals surface area contributed by atoms with Gasteiger partial charge in [-0.1, -0.05) is 11.6 Å². The summed E-state index contributed by atoms with van der Waals surface area (Å²) in [6.45, 7) is 0.526. The van der Waals surface area contributed by atoms with Crippen molar-refractivity contribution in [3.05, 3.63) is 51.4 Å². The molecule has 2 rings (SSSR count). The highest BCUT2D eigenvalue weighted by Crippen LogP contribution is 2.22. The fourth-order valence-corrected chi connectivity index (χ4v) is 2.26. The van der Waals surface area contributed by atoms with E-state index in [0.29, 0.717) is 6.54 Å². The number of hydrogen-bond donors (Lipinski definition) is 2. The van der Waals surface area contributed by atoms with Gasteiger partial charge in [0.15, 0.2) is 0 Å². The predicted octanol–water partition coefficient (Wildman–Crippen LogP) is 3.06. The van der Waals surface area contributed by atoms with Crippen molar-refractivity contribution in [3.63, 3.8) is 0 Å². The zero-order chi connectivity index (χ0) is 12.1. The molecule has 0 fully saturated rings. The van der Waals surface area contributed by atoms with Crippen LogP contribution in [0.15, 0.2) is 36.7 Å². The summed E-state index contributed by atoms with van der Waals surface area (Å²) in [7, 11) is 0. The van der Waals surface area contributed by atoms with Gasteiger partial charge in [0.1, 0.15) is 0 Å². The van der Waals surface area contributed by atoms with Crippen LogP contribution in [-0.4, -0.2) is 10.9 Å². The molecule has 2 heterocycles. The van der Waals surface area contributed by atoms with Crippen LogP contribution in [0.25, 0.3) is 6.08 Å². The van der Waals surface area contributed by atoms with Gasteiger partial charge in [-0.05, 0) is 29.8 Å². The second-order valence-corrected chi connectivity index (χ2v) is 5.16. The van der Waals surface area contributed by atoms with Crippen molar-refractivity contribution in [1.29, 1.82) is 0 Å². The van der Waals surface area contributed by atoms with Crippen molar-refractivity contribution in [2.24, 2.45) is 0 Å². The largest absolute Gasteiger partial charge is 0.367 e. The maximum Gasteiger partial charge on any atom is 0.244 e. The lowest BCUT2D eigenvalue weighted by atomic mass is 10.3. The highest BCUT2D eigenvalue weighted by Gasteiger charge is 1.98. The number of aromatic amines is 1. The van der Waals surface area contributed by atoms with Crippen molar-refractivity contribution >= 4 is 34.9 Å². The second kappa shape index (κ2) is 5.70. The fourth-order valence-electron chi connectivity index (χ4n) is 1.29. The van der Waals surface area contributed by atoms with E-state index in [2.05, 4.69) is 10.3 Å². The summed E-state index contributed by atoms with van der Waals surface area (Å²) in [4.78, 5) is 15.4. The number of rotatable bonds is 4. The van der Waals surface area contributed by atoms with E-state index in [9.17, 15) is 4.79 Å². The standard InChI is InChI=1S/C12H11ClN2OS/c13-11-3-1-10(17-11)2-4-12(16)15-8-9-5-6-14-7-9/h1-7,14H,8H2,(H,15,16)/b4-2+. The number of amides is 1. The smallest absolute Gasteiger partial charge is 0.244 e. The van der Waals surface area contributed by atoms with Gasteiger partial charge in [0, 0.05) is 29.9 Å². The highest BCUT2D eigenvalue weighted by atomic mass is 35.5. The van der Waals surface area contributed by atoms with Gasteiger partial charge in [0.2, 0.25) is 5.91 Å². The lowest BCUT2D eigenvalue weighted by Crippen LogP contribution is -2.19. The first kappa shape index (κ1) is 12.0. The van der Waals surface area contributed by atoms with Gasteiger partial charge < -0.3 is 10.3 Å². The van der Waals surface area contributed by atoms with Crippen LogP contribution in [-0.2, 0) is 11.3 Å². The average Bonchev–Trinajstić information content (AvgIpc) is 2.95. The molecule has 0 aliphatic heterocycles. The van der Waals surface area contributed by atoms with Crippen LogP contribution in [0.5, 0.6) is 0 Å². The lowest BCUT2D eigenvalue weighted by Gasteiger charge is -1.98. The number of H-pyrrole nitrogens is 1. The van der Waals surface area contributed by atoms with Crippen LogP contribution in [0.4, 0.5) is 0 Å². The summed E-state index contributed by atoms with van der Waals surface area (Å²) in [6.07, 6.45) is 6.94. The fraction of sp³-hybridized carbons (Fsp3) is 0.0833. The Kier molecular flexibility index (Phi) is 4.01. The first-order valence-electron chi connectivity index (χ1n) is 5.07. The molecule has 0 spiro atoms. The number of hydrogen-bond acceptors (Lipinski definition) is 2. The van der Waals surface area contributed by atoms with E-state index in [-0.39, 0.29) is 5.91 Å². The summed E-state index contributed by atoms with van der Waals surface area (Å²) < 4.78 is 0.720. The number of carbonyl (C=O) groups is 1. The lowest BCUT2D eigenvalue weighted by molar-refractivity contribution is -0.116. The number of nitrogens with one attached hydrogen (secondary N) is 2. The van der Waals surface area contributed by atoms with E-state index >= 15 is 0 Å². The maximum absolute atomic E-state index is 11.5. The Hall–Kier alpha value is -1.52. The SMILES string of the molecule is O=C(/C=C/c1ccc(Cl)s1)NCc1cc[nH]c1. The molecule has 0 bridgehead atoms. The van der Waals surface area contributed by atoms with E-state index in [1.807, 2.05) is 30.6 Å². The van der Waals surface area contributed by atoms with Gasteiger partial charge in [-0.2, -0.15) is 0 Å². The summed E-state index contributed by atoms with van der Waals surface area (Å²) in [5.74, 6) is -0.115. The zero-order valence-electron chi connectivity index (χ0n) is 8.94. The van der Waals surface area contributed by atoms with Crippen molar-refractivity contribution < 1.29 is 4.79 Å². The summed E-state index contributed by atoms with van der Waals surface area (Å²) in [6, 6.07) is 5.61. The Morgan fingerprint density at radius 1 is 1.47 bits per heavy atom. The van der Waals surface area contributed by atoms with Crippen LogP contribution < -0.4 is 5.32 Å². The maximum atomic E-state index is 11.5. The number of aromatic nitrogens is 1. The normalized spacial score (nSPS) is 10.9. The molecule has 0 aromatic carbocycles. The van der Waals surface area contributed by atoms with Crippen molar-refractivity contribution in [2.45, 2.75) is 6.54 Å². The van der Waals surface area contributed by atoms with Gasteiger partial charge in [0.25, 0.3) is 0 Å². The minimum atomic E-state index is -0.115. The Morgan fingerprint density at radius 2 is 2.35 bits per heavy atom. The van der Waals surface area contributed by atoms with Gasteiger partial charge >= 0.3 is 0 Å². The van der Waals surface area contributed by atoms with Gasteiger partial charge in [-0.15, -0.1) is 11.3 Å². The molecular weight excluding hydrogens is 256 g/mol. The molecule has 2 aromatic heterocycles. The van der Waals surface area contributed by atoms with Crippen molar-refractivity contribution in [1.82, 2.24) is 10.3 Å². The molecule has 0 saturated heterocycles. The van der Waals surface area contributed by atoms with E-state index in [1.54, 1.807) is 6.08 Å². The summed E-state index contributed by atoms with van der Waals surface area (Å²) in [5.41, 5.74) is 1.05. The Labute approximate surface area is 108 Å². The molecule has 2 aromatic rings. The van der Waals surface area contributed by atoms with Gasteiger partial charge in [0.05, 0.1) is 4.34 Å².